The Morgan fingerprint density at radius 1 is 1.12 bits per heavy atom. The molecule has 1 aliphatic rings. The molecule has 5 nitrogen and oxygen atoms in total. The molecule has 0 spiro atoms. The van der Waals surface area contributed by atoms with Gasteiger partial charge in [-0.3, -0.25) is 0 Å². The minimum absolute atomic E-state index is 0.106. The highest BCUT2D eigenvalue weighted by Crippen LogP contribution is 2.35. The fraction of sp³-hybridized carbons (Fsp3) is 0.111. The van der Waals surface area contributed by atoms with Crippen LogP contribution in [-0.4, -0.2) is 21.9 Å². The minimum Gasteiger partial charge on any atom is -0.496 e. The second kappa shape index (κ2) is 6.02. The molecule has 1 aliphatic heterocycles. The van der Waals surface area contributed by atoms with Crippen molar-refractivity contribution in [2.45, 2.75) is 6.04 Å². The second-order valence-electron chi connectivity index (χ2n) is 5.43. The van der Waals surface area contributed by atoms with E-state index >= 15 is 0 Å². The third-order valence-corrected chi connectivity index (χ3v) is 4.27. The molecule has 4 rings (SSSR count). The molecule has 120 valence electrons. The molecule has 0 bridgehead atoms. The lowest BCUT2D eigenvalue weighted by Crippen LogP contribution is -2.20. The quantitative estimate of drug-likeness (QED) is 0.784. The monoisotopic (exact) mass is 338 g/mol. The highest BCUT2D eigenvalue weighted by molar-refractivity contribution is 6.30. The summed E-state index contributed by atoms with van der Waals surface area (Å²) >= 11 is 6.00. The van der Waals surface area contributed by atoms with Crippen molar-refractivity contribution in [3.63, 3.8) is 0 Å². The SMILES string of the molecule is COc1ccccc1C1C=C(c2ccc(Cl)cc2)Nc2ncnn21. The Morgan fingerprint density at radius 3 is 2.71 bits per heavy atom. The molecule has 3 aromatic rings. The maximum absolute atomic E-state index is 6.00. The Hall–Kier alpha value is -2.79. The Bertz CT molecular complexity index is 901. The van der Waals surface area contributed by atoms with Crippen molar-refractivity contribution < 1.29 is 4.74 Å². The molecule has 0 saturated carbocycles. The fourth-order valence-corrected chi connectivity index (χ4v) is 2.99. The molecular formula is C18H15ClN4O. The number of allylic oxidation sites excluding steroid dienone is 1. The summed E-state index contributed by atoms with van der Waals surface area (Å²) in [6, 6.07) is 15.5. The predicted molar refractivity (Wildman–Crippen MR) is 94.2 cm³/mol. The van der Waals surface area contributed by atoms with Gasteiger partial charge in [0.2, 0.25) is 5.95 Å². The number of hydrogen-bond acceptors (Lipinski definition) is 4. The summed E-state index contributed by atoms with van der Waals surface area (Å²) < 4.78 is 7.36. The highest BCUT2D eigenvalue weighted by Gasteiger charge is 2.25. The summed E-state index contributed by atoms with van der Waals surface area (Å²) in [6.45, 7) is 0. The molecule has 1 unspecified atom stereocenters. The molecule has 0 saturated heterocycles. The summed E-state index contributed by atoms with van der Waals surface area (Å²) in [5.74, 6) is 1.51. The fourth-order valence-electron chi connectivity index (χ4n) is 2.86. The van der Waals surface area contributed by atoms with Gasteiger partial charge in [0.25, 0.3) is 0 Å². The van der Waals surface area contributed by atoms with Crippen LogP contribution in [0.2, 0.25) is 5.02 Å². The lowest BCUT2D eigenvalue weighted by molar-refractivity contribution is 0.404. The van der Waals surface area contributed by atoms with Gasteiger partial charge in [0.15, 0.2) is 0 Å². The lowest BCUT2D eigenvalue weighted by Gasteiger charge is -2.25. The van der Waals surface area contributed by atoms with E-state index in [2.05, 4.69) is 21.5 Å². The van der Waals surface area contributed by atoms with E-state index in [4.69, 9.17) is 16.3 Å². The van der Waals surface area contributed by atoms with E-state index in [0.29, 0.717) is 11.0 Å². The van der Waals surface area contributed by atoms with Gasteiger partial charge in [-0.15, -0.1) is 0 Å². The van der Waals surface area contributed by atoms with Gasteiger partial charge in [-0.05, 0) is 29.8 Å². The molecule has 2 heterocycles. The summed E-state index contributed by atoms with van der Waals surface area (Å²) in [5.41, 5.74) is 3.02. The number of aromatic nitrogens is 3. The number of anilines is 1. The van der Waals surface area contributed by atoms with Gasteiger partial charge in [0.1, 0.15) is 18.1 Å². The standard InChI is InChI=1S/C18H15ClN4O/c1-24-17-5-3-2-4-14(17)16-10-15(12-6-8-13(19)9-7-12)22-18-20-11-21-23(16)18/h2-11,16H,1H3,(H,20,21,22). The van der Waals surface area contributed by atoms with Crippen LogP contribution in [0.1, 0.15) is 17.2 Å². The van der Waals surface area contributed by atoms with E-state index in [0.717, 1.165) is 22.6 Å². The van der Waals surface area contributed by atoms with Crippen LogP contribution >= 0.6 is 11.6 Å². The van der Waals surface area contributed by atoms with Gasteiger partial charge in [-0.1, -0.05) is 41.9 Å². The van der Waals surface area contributed by atoms with Crippen LogP contribution in [0.4, 0.5) is 5.95 Å². The number of para-hydroxylation sites is 1. The first kappa shape index (κ1) is 14.8. The van der Waals surface area contributed by atoms with Crippen LogP contribution in [0.5, 0.6) is 5.75 Å². The van der Waals surface area contributed by atoms with Crippen LogP contribution < -0.4 is 10.1 Å². The zero-order valence-corrected chi connectivity index (χ0v) is 13.7. The minimum atomic E-state index is -0.106. The van der Waals surface area contributed by atoms with Crippen LogP contribution in [0, 0.1) is 0 Å². The Kier molecular flexibility index (Phi) is 3.70. The van der Waals surface area contributed by atoms with Crippen molar-refractivity contribution in [1.29, 1.82) is 0 Å². The molecule has 24 heavy (non-hydrogen) atoms. The average Bonchev–Trinajstić information content (AvgIpc) is 3.10. The number of rotatable bonds is 3. The maximum atomic E-state index is 6.00. The lowest BCUT2D eigenvalue weighted by atomic mass is 10.0. The first-order valence-electron chi connectivity index (χ1n) is 7.53. The summed E-state index contributed by atoms with van der Waals surface area (Å²) in [4.78, 5) is 4.31. The van der Waals surface area contributed by atoms with Crippen molar-refractivity contribution >= 4 is 23.2 Å². The molecular weight excluding hydrogens is 324 g/mol. The van der Waals surface area contributed by atoms with Crippen molar-refractivity contribution in [3.05, 3.63) is 77.1 Å². The highest BCUT2D eigenvalue weighted by atomic mass is 35.5. The van der Waals surface area contributed by atoms with Gasteiger partial charge in [-0.2, -0.15) is 10.1 Å². The van der Waals surface area contributed by atoms with E-state index in [1.807, 2.05) is 53.2 Å². The van der Waals surface area contributed by atoms with E-state index in [1.165, 1.54) is 0 Å². The average molecular weight is 339 g/mol. The molecule has 1 atom stereocenters. The third kappa shape index (κ3) is 2.53. The molecule has 0 radical (unpaired) electrons. The van der Waals surface area contributed by atoms with Crippen LogP contribution in [-0.2, 0) is 0 Å². The first-order valence-corrected chi connectivity index (χ1v) is 7.91. The zero-order valence-electron chi connectivity index (χ0n) is 13.0. The maximum Gasteiger partial charge on any atom is 0.226 e. The summed E-state index contributed by atoms with van der Waals surface area (Å²) in [6.07, 6.45) is 3.66. The van der Waals surface area contributed by atoms with Gasteiger partial charge >= 0.3 is 0 Å². The van der Waals surface area contributed by atoms with Gasteiger partial charge < -0.3 is 10.1 Å². The topological polar surface area (TPSA) is 52.0 Å². The molecule has 0 fully saturated rings. The normalized spacial score (nSPS) is 16.1. The summed E-state index contributed by atoms with van der Waals surface area (Å²) in [7, 11) is 1.67. The van der Waals surface area contributed by atoms with Crippen LogP contribution in [0.25, 0.3) is 5.70 Å². The van der Waals surface area contributed by atoms with Crippen molar-refractivity contribution in [2.75, 3.05) is 12.4 Å². The second-order valence-corrected chi connectivity index (χ2v) is 5.86. The number of halogens is 1. The number of ether oxygens (including phenoxy) is 1. The van der Waals surface area contributed by atoms with Crippen molar-refractivity contribution in [3.8, 4) is 5.75 Å². The molecule has 1 aromatic heterocycles. The molecule has 2 aromatic carbocycles. The smallest absolute Gasteiger partial charge is 0.226 e. The van der Waals surface area contributed by atoms with Gasteiger partial charge in [0.05, 0.1) is 7.11 Å². The predicted octanol–water partition coefficient (Wildman–Crippen LogP) is 4.00. The van der Waals surface area contributed by atoms with E-state index in [1.54, 1.807) is 13.4 Å². The molecule has 0 amide bonds. The van der Waals surface area contributed by atoms with Gasteiger partial charge in [0, 0.05) is 16.3 Å². The Labute approximate surface area is 144 Å². The van der Waals surface area contributed by atoms with E-state index < -0.39 is 0 Å². The number of methoxy groups -OCH3 is 1. The van der Waals surface area contributed by atoms with Crippen molar-refractivity contribution in [1.82, 2.24) is 14.8 Å². The molecule has 6 heteroatoms. The number of fused-ring (bicyclic) bond motifs is 1. The van der Waals surface area contributed by atoms with Crippen LogP contribution in [0.15, 0.2) is 60.9 Å². The number of hydrogen-bond donors (Lipinski definition) is 1. The van der Waals surface area contributed by atoms with Crippen molar-refractivity contribution in [2.24, 2.45) is 0 Å². The first-order chi connectivity index (χ1) is 11.8. The Balaban J connectivity index is 1.83. The third-order valence-electron chi connectivity index (χ3n) is 4.02. The zero-order chi connectivity index (χ0) is 16.5. The molecule has 1 N–H and O–H groups in total. The van der Waals surface area contributed by atoms with Gasteiger partial charge in [-0.25, -0.2) is 4.68 Å². The van der Waals surface area contributed by atoms with E-state index in [-0.39, 0.29) is 6.04 Å². The number of nitrogens with zero attached hydrogens (tertiary/aromatic N) is 3. The largest absolute Gasteiger partial charge is 0.496 e. The van der Waals surface area contributed by atoms with Crippen LogP contribution in [0.3, 0.4) is 0 Å². The van der Waals surface area contributed by atoms with E-state index in [9.17, 15) is 0 Å². The number of nitrogens with one attached hydrogen (secondary N) is 1. The Morgan fingerprint density at radius 2 is 1.92 bits per heavy atom. The number of benzene rings is 2. The molecule has 0 aliphatic carbocycles. The summed E-state index contributed by atoms with van der Waals surface area (Å²) in [5, 5.41) is 8.38.